The van der Waals surface area contributed by atoms with Crippen molar-refractivity contribution in [1.29, 1.82) is 0 Å². The number of hydrogen-bond acceptors (Lipinski definition) is 2. The van der Waals surface area contributed by atoms with Crippen LogP contribution in [0.2, 0.25) is 0 Å². The molecule has 0 bridgehead atoms. The summed E-state index contributed by atoms with van der Waals surface area (Å²) >= 11 is 0. The van der Waals surface area contributed by atoms with Crippen LogP contribution >= 0.6 is 0 Å². The van der Waals surface area contributed by atoms with E-state index in [1.165, 1.54) is 5.56 Å². The molecular weight excluding hydrogens is 264 g/mol. The number of anilines is 1. The third-order valence-electron chi connectivity index (χ3n) is 3.21. The first-order chi connectivity index (χ1) is 10.1. The van der Waals surface area contributed by atoms with Gasteiger partial charge in [-0.05, 0) is 24.6 Å². The number of hydrogen-bond donors (Lipinski definition) is 1. The van der Waals surface area contributed by atoms with Crippen LogP contribution < -0.4 is 10.1 Å². The van der Waals surface area contributed by atoms with Crippen molar-refractivity contribution >= 4 is 11.7 Å². The van der Waals surface area contributed by atoms with Crippen molar-refractivity contribution in [3.05, 3.63) is 59.7 Å². The van der Waals surface area contributed by atoms with E-state index in [2.05, 4.69) is 5.32 Å². The number of nitrogens with one attached hydrogen (secondary N) is 1. The monoisotopic (exact) mass is 284 g/mol. The highest BCUT2D eigenvalue weighted by Gasteiger charge is 2.09. The molecule has 0 fully saturated rings. The van der Waals surface area contributed by atoms with Crippen molar-refractivity contribution in [2.75, 3.05) is 19.5 Å². The van der Waals surface area contributed by atoms with Crippen LogP contribution in [0, 0.1) is 6.92 Å². The fourth-order valence-corrected chi connectivity index (χ4v) is 1.96. The number of urea groups is 1. The lowest BCUT2D eigenvalue weighted by molar-refractivity contribution is 0.220. The van der Waals surface area contributed by atoms with Gasteiger partial charge in [0.15, 0.2) is 0 Å². The van der Waals surface area contributed by atoms with E-state index in [4.69, 9.17) is 4.74 Å². The van der Waals surface area contributed by atoms with Crippen molar-refractivity contribution in [1.82, 2.24) is 4.90 Å². The second-order valence-electron chi connectivity index (χ2n) is 5.00. The molecule has 0 aliphatic rings. The van der Waals surface area contributed by atoms with E-state index in [1.807, 2.05) is 49.4 Å². The minimum absolute atomic E-state index is 0.149. The zero-order chi connectivity index (χ0) is 15.2. The van der Waals surface area contributed by atoms with Crippen LogP contribution in [0.1, 0.15) is 11.1 Å². The summed E-state index contributed by atoms with van der Waals surface area (Å²) in [6, 6.07) is 15.3. The molecule has 2 aromatic rings. The minimum atomic E-state index is -0.149. The second-order valence-corrected chi connectivity index (χ2v) is 5.00. The first-order valence-corrected chi connectivity index (χ1v) is 6.80. The van der Waals surface area contributed by atoms with Gasteiger partial charge in [-0.15, -0.1) is 0 Å². The summed E-state index contributed by atoms with van der Waals surface area (Å²) in [6.45, 7) is 2.61. The Balaban J connectivity index is 1.97. The van der Waals surface area contributed by atoms with E-state index in [9.17, 15) is 4.79 Å². The Morgan fingerprint density at radius 3 is 2.57 bits per heavy atom. The maximum atomic E-state index is 12.2. The summed E-state index contributed by atoms with van der Waals surface area (Å²) in [5.74, 6) is 0.717. The smallest absolute Gasteiger partial charge is 0.321 e. The number of aryl methyl sites for hydroxylation is 1. The quantitative estimate of drug-likeness (QED) is 0.930. The first-order valence-electron chi connectivity index (χ1n) is 6.80. The van der Waals surface area contributed by atoms with Crippen molar-refractivity contribution < 1.29 is 9.53 Å². The summed E-state index contributed by atoms with van der Waals surface area (Å²) < 4.78 is 5.14. The van der Waals surface area contributed by atoms with Gasteiger partial charge >= 0.3 is 6.03 Å². The van der Waals surface area contributed by atoms with Gasteiger partial charge in [-0.1, -0.05) is 35.9 Å². The number of ether oxygens (including phenoxy) is 1. The standard InChI is InChI=1S/C17H20N2O2/c1-13-7-9-14(10-8-13)12-19(2)17(20)18-15-5-4-6-16(11-15)21-3/h4-11H,12H2,1-3H3,(H,18,20). The van der Waals surface area contributed by atoms with Crippen LogP contribution in [0.25, 0.3) is 0 Å². The molecule has 0 atom stereocenters. The van der Waals surface area contributed by atoms with Crippen LogP contribution in [0.4, 0.5) is 10.5 Å². The van der Waals surface area contributed by atoms with Crippen molar-refractivity contribution in [2.24, 2.45) is 0 Å². The zero-order valence-corrected chi connectivity index (χ0v) is 12.6. The maximum absolute atomic E-state index is 12.2. The molecule has 4 nitrogen and oxygen atoms in total. The van der Waals surface area contributed by atoms with E-state index in [0.717, 1.165) is 11.3 Å². The summed E-state index contributed by atoms with van der Waals surface area (Å²) in [5, 5.41) is 2.86. The van der Waals surface area contributed by atoms with Crippen LogP contribution in [-0.2, 0) is 6.54 Å². The van der Waals surface area contributed by atoms with E-state index < -0.39 is 0 Å². The van der Waals surface area contributed by atoms with Crippen molar-refractivity contribution in [3.8, 4) is 5.75 Å². The van der Waals surface area contributed by atoms with Gasteiger partial charge in [0.1, 0.15) is 5.75 Å². The molecule has 4 heteroatoms. The number of carbonyl (C=O) groups excluding carboxylic acids is 1. The molecule has 0 spiro atoms. The third kappa shape index (κ3) is 4.24. The summed E-state index contributed by atoms with van der Waals surface area (Å²) in [5.41, 5.74) is 3.03. The highest BCUT2D eigenvalue weighted by atomic mass is 16.5. The molecule has 0 aliphatic carbocycles. The number of amides is 2. The Hall–Kier alpha value is -2.49. The fraction of sp³-hybridized carbons (Fsp3) is 0.235. The van der Waals surface area contributed by atoms with Gasteiger partial charge in [-0.3, -0.25) is 0 Å². The van der Waals surface area contributed by atoms with Gasteiger partial charge < -0.3 is 15.0 Å². The first kappa shape index (κ1) is 14.9. The number of benzene rings is 2. The SMILES string of the molecule is COc1cccc(NC(=O)N(C)Cc2ccc(C)cc2)c1. The number of nitrogens with zero attached hydrogens (tertiary/aromatic N) is 1. The summed E-state index contributed by atoms with van der Waals surface area (Å²) in [4.78, 5) is 13.8. The van der Waals surface area contributed by atoms with Crippen LogP contribution in [0.15, 0.2) is 48.5 Å². The second kappa shape index (κ2) is 6.79. The maximum Gasteiger partial charge on any atom is 0.321 e. The Morgan fingerprint density at radius 2 is 1.90 bits per heavy atom. The Bertz CT molecular complexity index is 608. The summed E-state index contributed by atoms with van der Waals surface area (Å²) in [7, 11) is 3.37. The van der Waals surface area contributed by atoms with Gasteiger partial charge in [0.2, 0.25) is 0 Å². The van der Waals surface area contributed by atoms with Gasteiger partial charge in [-0.25, -0.2) is 4.79 Å². The van der Waals surface area contributed by atoms with Crippen LogP contribution in [-0.4, -0.2) is 25.1 Å². The molecule has 0 aromatic heterocycles. The Morgan fingerprint density at radius 1 is 1.19 bits per heavy atom. The van der Waals surface area contributed by atoms with E-state index >= 15 is 0 Å². The molecule has 2 aromatic carbocycles. The lowest BCUT2D eigenvalue weighted by Crippen LogP contribution is -2.30. The minimum Gasteiger partial charge on any atom is -0.497 e. The summed E-state index contributed by atoms with van der Waals surface area (Å²) in [6.07, 6.45) is 0. The van der Waals surface area contributed by atoms with Gasteiger partial charge in [0.05, 0.1) is 7.11 Å². The number of carbonyl (C=O) groups is 1. The average molecular weight is 284 g/mol. The molecule has 0 heterocycles. The topological polar surface area (TPSA) is 41.6 Å². The normalized spacial score (nSPS) is 10.0. The highest BCUT2D eigenvalue weighted by Crippen LogP contribution is 2.17. The van der Waals surface area contributed by atoms with E-state index in [0.29, 0.717) is 12.3 Å². The molecular formula is C17H20N2O2. The fourth-order valence-electron chi connectivity index (χ4n) is 1.96. The Labute approximate surface area is 125 Å². The lowest BCUT2D eigenvalue weighted by Gasteiger charge is -2.18. The molecule has 0 unspecified atom stereocenters. The molecule has 2 amide bonds. The van der Waals surface area contributed by atoms with E-state index in [1.54, 1.807) is 25.1 Å². The largest absolute Gasteiger partial charge is 0.497 e. The number of methoxy groups -OCH3 is 1. The molecule has 21 heavy (non-hydrogen) atoms. The van der Waals surface area contributed by atoms with Crippen LogP contribution in [0.3, 0.4) is 0 Å². The third-order valence-corrected chi connectivity index (χ3v) is 3.21. The zero-order valence-electron chi connectivity index (χ0n) is 12.6. The van der Waals surface area contributed by atoms with Gasteiger partial charge in [-0.2, -0.15) is 0 Å². The molecule has 0 aliphatic heterocycles. The highest BCUT2D eigenvalue weighted by molar-refractivity contribution is 5.89. The molecule has 0 saturated carbocycles. The average Bonchev–Trinajstić information content (AvgIpc) is 2.49. The van der Waals surface area contributed by atoms with E-state index in [-0.39, 0.29) is 6.03 Å². The molecule has 0 radical (unpaired) electrons. The predicted octanol–water partition coefficient (Wildman–Crippen LogP) is 3.67. The van der Waals surface area contributed by atoms with Crippen molar-refractivity contribution in [3.63, 3.8) is 0 Å². The van der Waals surface area contributed by atoms with Crippen LogP contribution in [0.5, 0.6) is 5.75 Å². The van der Waals surface area contributed by atoms with Gasteiger partial charge in [0.25, 0.3) is 0 Å². The number of rotatable bonds is 4. The molecule has 2 rings (SSSR count). The lowest BCUT2D eigenvalue weighted by atomic mass is 10.1. The van der Waals surface area contributed by atoms with Crippen molar-refractivity contribution in [2.45, 2.75) is 13.5 Å². The molecule has 1 N–H and O–H groups in total. The van der Waals surface area contributed by atoms with Gasteiger partial charge in [0, 0.05) is 25.3 Å². The molecule has 0 saturated heterocycles. The Kier molecular flexibility index (Phi) is 4.82. The predicted molar refractivity (Wildman–Crippen MR) is 84.7 cm³/mol. The molecule has 110 valence electrons.